The van der Waals surface area contributed by atoms with Crippen LogP contribution >= 0.6 is 23.2 Å². The van der Waals surface area contributed by atoms with Gasteiger partial charge in [0.05, 0.1) is 16.3 Å². The van der Waals surface area contributed by atoms with Crippen molar-refractivity contribution in [2.45, 2.75) is 6.18 Å². The molecule has 6 nitrogen and oxygen atoms in total. The lowest BCUT2D eigenvalue weighted by atomic mass is 10.1. The lowest BCUT2D eigenvalue weighted by molar-refractivity contribution is -0.144. The summed E-state index contributed by atoms with van der Waals surface area (Å²) < 4.78 is 53.7. The first-order valence-corrected chi connectivity index (χ1v) is 7.44. The standard InChI is InChI=1S/C14H9Cl2F4N3O3/c1-23-13(14(18,19)20)11(16)12(22-23)7-2-6(8(15)3-9(7)17)4-21-26-5-10(24)25/h2-4H,5H2,1H3,(H,24,25). The van der Waals surface area contributed by atoms with E-state index < -0.39 is 41.0 Å². The number of benzene rings is 1. The highest BCUT2D eigenvalue weighted by Crippen LogP contribution is 2.40. The number of carbonyl (C=O) groups is 1. The van der Waals surface area contributed by atoms with Crippen LogP contribution in [0.4, 0.5) is 17.6 Å². The molecule has 0 aliphatic heterocycles. The highest BCUT2D eigenvalue weighted by Gasteiger charge is 2.39. The van der Waals surface area contributed by atoms with Crippen molar-refractivity contribution in [1.29, 1.82) is 0 Å². The van der Waals surface area contributed by atoms with Gasteiger partial charge in [-0.25, -0.2) is 9.18 Å². The summed E-state index contributed by atoms with van der Waals surface area (Å²) >= 11 is 11.6. The molecule has 140 valence electrons. The summed E-state index contributed by atoms with van der Waals surface area (Å²) in [5.41, 5.74) is -1.95. The van der Waals surface area contributed by atoms with E-state index in [2.05, 4.69) is 15.1 Å². The van der Waals surface area contributed by atoms with E-state index in [1.54, 1.807) is 0 Å². The number of rotatable bonds is 5. The van der Waals surface area contributed by atoms with Crippen LogP contribution in [0.5, 0.6) is 0 Å². The Morgan fingerprint density at radius 3 is 2.62 bits per heavy atom. The summed E-state index contributed by atoms with van der Waals surface area (Å²) in [6.07, 6.45) is -3.80. The second-order valence-corrected chi connectivity index (χ2v) is 5.67. The second kappa shape index (κ2) is 7.50. The molecule has 2 rings (SSSR count). The van der Waals surface area contributed by atoms with Crippen molar-refractivity contribution < 1.29 is 32.3 Å². The van der Waals surface area contributed by atoms with Gasteiger partial charge in [0.15, 0.2) is 5.69 Å². The zero-order valence-corrected chi connectivity index (χ0v) is 14.3. The normalized spacial score (nSPS) is 12.0. The van der Waals surface area contributed by atoms with Crippen molar-refractivity contribution in [2.24, 2.45) is 12.2 Å². The van der Waals surface area contributed by atoms with Crippen molar-refractivity contribution in [2.75, 3.05) is 6.61 Å². The molecule has 1 heterocycles. The minimum atomic E-state index is -4.78. The number of carboxylic acid groups (broad SMARTS) is 1. The minimum Gasteiger partial charge on any atom is -0.479 e. The van der Waals surface area contributed by atoms with Crippen LogP contribution < -0.4 is 0 Å². The molecule has 2 aromatic rings. The molecule has 0 aliphatic carbocycles. The molecular formula is C14H9Cl2F4N3O3. The molecule has 0 saturated heterocycles. The van der Waals surface area contributed by atoms with Crippen molar-refractivity contribution in [1.82, 2.24) is 9.78 Å². The molecule has 26 heavy (non-hydrogen) atoms. The minimum absolute atomic E-state index is 0.0590. The van der Waals surface area contributed by atoms with E-state index >= 15 is 0 Å². The van der Waals surface area contributed by atoms with Crippen molar-refractivity contribution in [3.8, 4) is 11.3 Å². The predicted octanol–water partition coefficient (Wildman–Crippen LogP) is 3.99. The Morgan fingerprint density at radius 1 is 1.42 bits per heavy atom. The van der Waals surface area contributed by atoms with Gasteiger partial charge in [-0.3, -0.25) is 4.68 Å². The number of aromatic nitrogens is 2. The molecule has 0 unspecified atom stereocenters. The quantitative estimate of drug-likeness (QED) is 0.456. The molecule has 0 spiro atoms. The zero-order valence-electron chi connectivity index (χ0n) is 12.8. The highest BCUT2D eigenvalue weighted by atomic mass is 35.5. The van der Waals surface area contributed by atoms with Crippen LogP contribution in [0.3, 0.4) is 0 Å². The Bertz CT molecular complexity index is 881. The number of halogens is 6. The molecule has 0 bridgehead atoms. The smallest absolute Gasteiger partial charge is 0.434 e. The number of alkyl halides is 3. The lowest BCUT2D eigenvalue weighted by Gasteiger charge is -2.07. The van der Waals surface area contributed by atoms with Gasteiger partial charge >= 0.3 is 12.1 Å². The van der Waals surface area contributed by atoms with Gasteiger partial charge in [0, 0.05) is 18.2 Å². The maximum atomic E-state index is 14.2. The third-order valence-electron chi connectivity index (χ3n) is 3.05. The molecule has 0 aliphatic rings. The van der Waals surface area contributed by atoms with Gasteiger partial charge in [0.1, 0.15) is 11.5 Å². The lowest BCUT2D eigenvalue weighted by Crippen LogP contribution is -2.12. The van der Waals surface area contributed by atoms with E-state index in [1.807, 2.05) is 0 Å². The van der Waals surface area contributed by atoms with Crippen LogP contribution in [0, 0.1) is 5.82 Å². The van der Waals surface area contributed by atoms with Gasteiger partial charge in [-0.15, -0.1) is 0 Å². The molecule has 12 heteroatoms. The number of carboxylic acids is 1. The molecule has 0 fully saturated rings. The first kappa shape index (κ1) is 20.0. The molecular weight excluding hydrogens is 405 g/mol. The number of hydrogen-bond acceptors (Lipinski definition) is 4. The summed E-state index contributed by atoms with van der Waals surface area (Å²) in [5.74, 6) is -2.22. The van der Waals surface area contributed by atoms with Crippen molar-refractivity contribution in [3.63, 3.8) is 0 Å². The summed E-state index contributed by atoms with van der Waals surface area (Å²) in [4.78, 5) is 14.8. The topological polar surface area (TPSA) is 76.7 Å². The summed E-state index contributed by atoms with van der Waals surface area (Å²) in [7, 11) is 1.02. The van der Waals surface area contributed by atoms with E-state index in [0.29, 0.717) is 4.68 Å². The second-order valence-electron chi connectivity index (χ2n) is 4.89. The maximum Gasteiger partial charge on any atom is 0.434 e. The number of oxime groups is 1. The van der Waals surface area contributed by atoms with Crippen molar-refractivity contribution in [3.05, 3.63) is 39.3 Å². The fourth-order valence-corrected chi connectivity index (χ4v) is 2.58. The van der Waals surface area contributed by atoms with Crippen LogP contribution in [0.15, 0.2) is 17.3 Å². The maximum absolute atomic E-state index is 14.2. The Labute approximate surface area is 153 Å². The summed E-state index contributed by atoms with van der Waals surface area (Å²) in [6.45, 7) is -0.719. The fourth-order valence-electron chi connectivity index (χ4n) is 2.01. The zero-order chi connectivity index (χ0) is 19.6. The Kier molecular flexibility index (Phi) is 5.77. The number of nitrogens with zero attached hydrogens (tertiary/aromatic N) is 3. The third-order valence-corrected chi connectivity index (χ3v) is 3.74. The van der Waals surface area contributed by atoms with Crippen LogP contribution in [-0.2, 0) is 22.9 Å². The van der Waals surface area contributed by atoms with E-state index in [1.165, 1.54) is 0 Å². The van der Waals surface area contributed by atoms with E-state index in [4.69, 9.17) is 28.3 Å². The van der Waals surface area contributed by atoms with Gasteiger partial charge in [-0.1, -0.05) is 28.4 Å². The average molecular weight is 414 g/mol. The number of aryl methyl sites for hydroxylation is 1. The van der Waals surface area contributed by atoms with Gasteiger partial charge in [0.2, 0.25) is 6.61 Å². The molecule has 0 radical (unpaired) electrons. The summed E-state index contributed by atoms with van der Waals surface area (Å²) in [5, 5.41) is 14.5. The first-order valence-electron chi connectivity index (χ1n) is 6.68. The number of hydrogen-bond donors (Lipinski definition) is 1. The fraction of sp³-hybridized carbons (Fsp3) is 0.214. The van der Waals surface area contributed by atoms with E-state index in [-0.39, 0.29) is 16.1 Å². The highest BCUT2D eigenvalue weighted by molar-refractivity contribution is 6.34. The van der Waals surface area contributed by atoms with Crippen molar-refractivity contribution >= 4 is 35.4 Å². The van der Waals surface area contributed by atoms with Gasteiger partial charge in [0.25, 0.3) is 0 Å². The van der Waals surface area contributed by atoms with Crippen LogP contribution in [0.25, 0.3) is 11.3 Å². The molecule has 1 aromatic heterocycles. The van der Waals surface area contributed by atoms with E-state index in [9.17, 15) is 22.4 Å². The van der Waals surface area contributed by atoms with Gasteiger partial charge in [-0.05, 0) is 12.1 Å². The van der Waals surface area contributed by atoms with Gasteiger partial charge < -0.3 is 9.94 Å². The Morgan fingerprint density at radius 2 is 2.08 bits per heavy atom. The molecule has 0 saturated carbocycles. The first-order chi connectivity index (χ1) is 12.0. The predicted molar refractivity (Wildman–Crippen MR) is 84.8 cm³/mol. The van der Waals surface area contributed by atoms with Crippen LogP contribution in [-0.4, -0.2) is 33.7 Å². The largest absolute Gasteiger partial charge is 0.479 e. The SMILES string of the molecule is Cn1nc(-c2cc(C=NOCC(=O)O)c(Cl)cc2F)c(Cl)c1C(F)(F)F. The molecule has 1 N–H and O–H groups in total. The monoisotopic (exact) mass is 413 g/mol. The average Bonchev–Trinajstić information content (AvgIpc) is 2.79. The van der Waals surface area contributed by atoms with Crippen LogP contribution in [0.2, 0.25) is 10.0 Å². The summed E-state index contributed by atoms with van der Waals surface area (Å²) in [6, 6.07) is 1.91. The molecule has 1 aromatic carbocycles. The van der Waals surface area contributed by atoms with Crippen LogP contribution in [0.1, 0.15) is 11.3 Å². The molecule has 0 amide bonds. The van der Waals surface area contributed by atoms with E-state index in [0.717, 1.165) is 25.4 Å². The number of aliphatic carboxylic acids is 1. The Balaban J connectivity index is 2.48. The van der Waals surface area contributed by atoms with Gasteiger partial charge in [-0.2, -0.15) is 18.3 Å². The Hall–Kier alpha value is -2.33. The molecule has 0 atom stereocenters. The third kappa shape index (κ3) is 4.25.